The Bertz CT molecular complexity index is 166. The molecule has 3 heteroatoms. The van der Waals surface area contributed by atoms with Gasteiger partial charge in [-0.3, -0.25) is 4.79 Å². The van der Waals surface area contributed by atoms with Gasteiger partial charge in [-0.25, -0.2) is 0 Å². The zero-order valence-corrected chi connectivity index (χ0v) is 8.58. The molecule has 0 saturated carbocycles. The van der Waals surface area contributed by atoms with Crippen molar-refractivity contribution in [3.05, 3.63) is 0 Å². The van der Waals surface area contributed by atoms with Crippen molar-refractivity contribution in [3.63, 3.8) is 0 Å². The van der Waals surface area contributed by atoms with Gasteiger partial charge in [0, 0.05) is 12.3 Å². The Labute approximate surface area is 79.5 Å². The average Bonchev–Trinajstić information content (AvgIpc) is 2.17. The van der Waals surface area contributed by atoms with E-state index in [2.05, 4.69) is 4.74 Å². The zero-order chi connectivity index (χ0) is 10.3. The molecular formula is C10H18O3. The minimum atomic E-state index is -0.241. The van der Waals surface area contributed by atoms with Gasteiger partial charge in [-0.2, -0.15) is 0 Å². The lowest BCUT2D eigenvalue weighted by Gasteiger charge is -2.15. The Morgan fingerprint density at radius 1 is 1.54 bits per heavy atom. The molecule has 0 N–H and O–H groups in total. The van der Waals surface area contributed by atoms with Crippen molar-refractivity contribution in [1.29, 1.82) is 0 Å². The highest BCUT2D eigenvalue weighted by molar-refractivity contribution is 5.69. The van der Waals surface area contributed by atoms with Crippen molar-refractivity contribution >= 4 is 12.3 Å². The molecule has 0 heterocycles. The molecular weight excluding hydrogens is 168 g/mol. The van der Waals surface area contributed by atoms with E-state index in [-0.39, 0.29) is 11.9 Å². The van der Waals surface area contributed by atoms with Crippen LogP contribution < -0.4 is 0 Å². The van der Waals surface area contributed by atoms with Crippen LogP contribution in [-0.2, 0) is 14.3 Å². The minimum Gasteiger partial charge on any atom is -0.469 e. The molecule has 0 bridgehead atoms. The van der Waals surface area contributed by atoms with E-state index < -0.39 is 0 Å². The van der Waals surface area contributed by atoms with Crippen LogP contribution in [0.4, 0.5) is 0 Å². The van der Waals surface area contributed by atoms with E-state index in [0.717, 1.165) is 12.7 Å². The quantitative estimate of drug-likeness (QED) is 0.469. The second kappa shape index (κ2) is 6.63. The van der Waals surface area contributed by atoms with Crippen molar-refractivity contribution in [2.75, 3.05) is 7.11 Å². The first-order valence-electron chi connectivity index (χ1n) is 4.67. The van der Waals surface area contributed by atoms with E-state index in [1.165, 1.54) is 7.11 Å². The number of hydrogen-bond donors (Lipinski definition) is 0. The van der Waals surface area contributed by atoms with Crippen LogP contribution in [0, 0.1) is 11.8 Å². The third kappa shape index (κ3) is 4.65. The van der Waals surface area contributed by atoms with Crippen LogP contribution in [0.5, 0.6) is 0 Å². The average molecular weight is 186 g/mol. The second-order valence-corrected chi connectivity index (χ2v) is 3.30. The maximum absolute atomic E-state index is 10.8. The molecule has 1 unspecified atom stereocenters. The summed E-state index contributed by atoms with van der Waals surface area (Å²) in [5.41, 5.74) is 0. The molecule has 0 aromatic heterocycles. The number of methoxy groups -OCH3 is 1. The van der Waals surface area contributed by atoms with Crippen molar-refractivity contribution in [3.8, 4) is 0 Å². The maximum Gasteiger partial charge on any atom is 0.305 e. The summed E-state index contributed by atoms with van der Waals surface area (Å²) in [7, 11) is 1.36. The molecule has 3 nitrogen and oxygen atoms in total. The van der Waals surface area contributed by atoms with Gasteiger partial charge in [0.25, 0.3) is 0 Å². The lowest BCUT2D eigenvalue weighted by atomic mass is 9.89. The van der Waals surface area contributed by atoms with Crippen LogP contribution in [0.1, 0.15) is 33.1 Å². The number of carbonyl (C=O) groups is 2. The molecule has 0 aromatic carbocycles. The summed E-state index contributed by atoms with van der Waals surface area (Å²) in [5.74, 6) is 0.0985. The summed E-state index contributed by atoms with van der Waals surface area (Å²) in [6.07, 6.45) is 2.84. The van der Waals surface area contributed by atoms with Gasteiger partial charge in [0.05, 0.1) is 7.11 Å². The molecule has 0 saturated heterocycles. The third-order valence-electron chi connectivity index (χ3n) is 2.46. The Balaban J connectivity index is 3.84. The number of aldehydes is 1. The molecule has 0 aliphatic carbocycles. The zero-order valence-electron chi connectivity index (χ0n) is 8.58. The number of carbonyl (C=O) groups excluding carboxylic acids is 2. The Morgan fingerprint density at radius 3 is 2.54 bits per heavy atom. The topological polar surface area (TPSA) is 43.4 Å². The number of esters is 1. The van der Waals surface area contributed by atoms with Crippen molar-refractivity contribution in [1.82, 2.24) is 0 Å². The van der Waals surface area contributed by atoms with Gasteiger partial charge in [0.15, 0.2) is 0 Å². The molecule has 0 spiro atoms. The van der Waals surface area contributed by atoms with Gasteiger partial charge in [0.1, 0.15) is 6.29 Å². The van der Waals surface area contributed by atoms with Gasteiger partial charge in [-0.05, 0) is 12.3 Å². The summed E-state index contributed by atoms with van der Waals surface area (Å²) in [6, 6.07) is 0. The van der Waals surface area contributed by atoms with E-state index in [0.29, 0.717) is 18.8 Å². The molecule has 0 aliphatic heterocycles. The predicted octanol–water partition coefficient (Wildman–Crippen LogP) is 1.80. The summed E-state index contributed by atoms with van der Waals surface area (Å²) < 4.78 is 4.50. The number of ether oxygens (including phenoxy) is 1. The highest BCUT2D eigenvalue weighted by Gasteiger charge is 2.16. The predicted molar refractivity (Wildman–Crippen MR) is 50.3 cm³/mol. The third-order valence-corrected chi connectivity index (χ3v) is 2.46. The smallest absolute Gasteiger partial charge is 0.305 e. The van der Waals surface area contributed by atoms with E-state index >= 15 is 0 Å². The van der Waals surface area contributed by atoms with Gasteiger partial charge >= 0.3 is 5.97 Å². The molecule has 2 atom stereocenters. The summed E-state index contributed by atoms with van der Waals surface area (Å²) >= 11 is 0. The van der Waals surface area contributed by atoms with E-state index in [1.54, 1.807) is 0 Å². The Kier molecular flexibility index (Phi) is 6.20. The highest BCUT2D eigenvalue weighted by atomic mass is 16.5. The first kappa shape index (κ1) is 12.1. The highest BCUT2D eigenvalue weighted by Crippen LogP contribution is 2.18. The number of hydrogen-bond acceptors (Lipinski definition) is 3. The molecule has 13 heavy (non-hydrogen) atoms. The summed E-state index contributed by atoms with van der Waals surface area (Å²) in [6.45, 7) is 4.07. The van der Waals surface area contributed by atoms with Crippen molar-refractivity contribution < 1.29 is 14.3 Å². The molecule has 0 rings (SSSR count). The monoisotopic (exact) mass is 186 g/mol. The molecule has 0 radical (unpaired) electrons. The molecule has 0 aliphatic rings. The molecule has 76 valence electrons. The van der Waals surface area contributed by atoms with Gasteiger partial charge < -0.3 is 9.53 Å². The fourth-order valence-electron chi connectivity index (χ4n) is 1.18. The van der Waals surface area contributed by atoms with Gasteiger partial charge in [0.2, 0.25) is 0 Å². The summed E-state index contributed by atoms with van der Waals surface area (Å²) in [5, 5.41) is 0. The first-order valence-corrected chi connectivity index (χ1v) is 4.67. The fourth-order valence-corrected chi connectivity index (χ4v) is 1.18. The Morgan fingerprint density at radius 2 is 2.15 bits per heavy atom. The van der Waals surface area contributed by atoms with Crippen LogP contribution in [0.15, 0.2) is 0 Å². The summed E-state index contributed by atoms with van der Waals surface area (Å²) in [4.78, 5) is 21.5. The first-order chi connectivity index (χ1) is 6.15. The van der Waals surface area contributed by atoms with Crippen LogP contribution in [0.2, 0.25) is 0 Å². The standard InChI is InChI=1S/C10H18O3/c1-4-8(2)9(7-11)5-6-10(12)13-3/h7-9H,4-6H2,1-3H3/t8?,9-/m0/s1. The van der Waals surface area contributed by atoms with Crippen LogP contribution >= 0.6 is 0 Å². The van der Waals surface area contributed by atoms with Crippen LogP contribution in [-0.4, -0.2) is 19.4 Å². The Hall–Kier alpha value is -0.860. The lowest BCUT2D eigenvalue weighted by Crippen LogP contribution is -2.14. The minimum absolute atomic E-state index is 0.0101. The molecule has 0 fully saturated rings. The fraction of sp³-hybridized carbons (Fsp3) is 0.800. The van der Waals surface area contributed by atoms with Gasteiger partial charge in [-0.15, -0.1) is 0 Å². The molecule has 0 aromatic rings. The van der Waals surface area contributed by atoms with E-state index in [1.807, 2.05) is 13.8 Å². The van der Waals surface area contributed by atoms with E-state index in [9.17, 15) is 9.59 Å². The normalized spacial score (nSPS) is 14.7. The van der Waals surface area contributed by atoms with E-state index in [4.69, 9.17) is 0 Å². The largest absolute Gasteiger partial charge is 0.469 e. The molecule has 0 amide bonds. The van der Waals surface area contributed by atoms with Crippen LogP contribution in [0.25, 0.3) is 0 Å². The maximum atomic E-state index is 10.8. The van der Waals surface area contributed by atoms with Crippen molar-refractivity contribution in [2.45, 2.75) is 33.1 Å². The lowest BCUT2D eigenvalue weighted by molar-refractivity contribution is -0.141. The SMILES string of the molecule is CCC(C)[C@H](C=O)CCC(=O)OC. The number of rotatable bonds is 6. The second-order valence-electron chi connectivity index (χ2n) is 3.30. The van der Waals surface area contributed by atoms with Crippen LogP contribution in [0.3, 0.4) is 0 Å². The van der Waals surface area contributed by atoms with Gasteiger partial charge in [-0.1, -0.05) is 20.3 Å². The van der Waals surface area contributed by atoms with Crippen molar-refractivity contribution in [2.24, 2.45) is 11.8 Å².